The Hall–Kier alpha value is -2.72. The second-order valence-corrected chi connectivity index (χ2v) is 7.35. The normalized spacial score (nSPS) is 11.2. The van der Waals surface area contributed by atoms with Crippen LogP contribution in [0.4, 0.5) is 0 Å². The van der Waals surface area contributed by atoms with Crippen molar-refractivity contribution in [1.29, 1.82) is 0 Å². The molecule has 0 aliphatic rings. The highest BCUT2D eigenvalue weighted by Crippen LogP contribution is 2.24. The summed E-state index contributed by atoms with van der Waals surface area (Å²) in [4.78, 5) is 14.5. The first-order chi connectivity index (χ1) is 12.6. The highest BCUT2D eigenvalue weighted by atomic mass is 32.1. The predicted molar refractivity (Wildman–Crippen MR) is 106 cm³/mol. The van der Waals surface area contributed by atoms with Crippen molar-refractivity contribution in [3.05, 3.63) is 88.2 Å². The zero-order valence-electron chi connectivity index (χ0n) is 15.2. The first-order valence-electron chi connectivity index (χ1n) is 8.82. The lowest BCUT2D eigenvalue weighted by Crippen LogP contribution is -2.34. The van der Waals surface area contributed by atoms with Crippen molar-refractivity contribution in [3.63, 3.8) is 0 Å². The number of carbonyl (C=O) groups is 1. The molecule has 0 radical (unpaired) electrons. The summed E-state index contributed by atoms with van der Waals surface area (Å²) in [6.07, 6.45) is 0.787. The predicted octanol–water partition coefficient (Wildman–Crippen LogP) is 4.69. The largest absolute Gasteiger partial charge is 0.351 e. The molecule has 0 saturated carbocycles. The molecule has 0 unspecified atom stereocenters. The Morgan fingerprint density at radius 1 is 1.04 bits per heavy atom. The van der Waals surface area contributed by atoms with Crippen LogP contribution in [0.3, 0.4) is 0 Å². The molecule has 0 fully saturated rings. The molecule has 0 aliphatic carbocycles. The SMILES string of the molecule is CCc1c(C(=O)c2ccc(C)cc2)n2c(C)csc2[n+]1-c1ccccc1. The van der Waals surface area contributed by atoms with Crippen LogP contribution < -0.4 is 4.57 Å². The molecular formula is C22H21N2OS+. The van der Waals surface area contributed by atoms with Crippen LogP contribution in [0.1, 0.15) is 39.9 Å². The van der Waals surface area contributed by atoms with Gasteiger partial charge in [0, 0.05) is 17.4 Å². The lowest BCUT2D eigenvalue weighted by atomic mass is 10.0. The molecule has 3 nitrogen and oxygen atoms in total. The van der Waals surface area contributed by atoms with E-state index in [1.165, 1.54) is 0 Å². The molecule has 0 bridgehead atoms. The number of benzene rings is 2. The Morgan fingerprint density at radius 2 is 1.73 bits per heavy atom. The molecule has 4 aromatic rings. The maximum absolute atomic E-state index is 13.4. The van der Waals surface area contributed by atoms with Gasteiger partial charge in [-0.05, 0) is 26.0 Å². The minimum absolute atomic E-state index is 0.0769. The molecule has 4 rings (SSSR count). The Bertz CT molecular complexity index is 1090. The lowest BCUT2D eigenvalue weighted by molar-refractivity contribution is -0.573. The van der Waals surface area contributed by atoms with Crippen LogP contribution >= 0.6 is 11.3 Å². The van der Waals surface area contributed by atoms with Crippen LogP contribution in [0.5, 0.6) is 0 Å². The minimum atomic E-state index is 0.0769. The van der Waals surface area contributed by atoms with Crippen LogP contribution in [0.15, 0.2) is 60.0 Å². The van der Waals surface area contributed by atoms with Crippen LogP contribution in [0, 0.1) is 13.8 Å². The minimum Gasteiger partial charge on any atom is -0.284 e. The molecule has 2 aromatic heterocycles. The van der Waals surface area contributed by atoms with Crippen LogP contribution in [-0.2, 0) is 6.42 Å². The number of aryl methyl sites for hydroxylation is 2. The van der Waals surface area contributed by atoms with Gasteiger partial charge in [-0.15, -0.1) is 0 Å². The molecule has 0 N–H and O–H groups in total. The summed E-state index contributed by atoms with van der Waals surface area (Å²) in [6, 6.07) is 18.1. The molecule has 0 spiro atoms. The Balaban J connectivity index is 2.01. The number of fused-ring (bicyclic) bond motifs is 1. The van der Waals surface area contributed by atoms with Gasteiger partial charge in [-0.25, -0.2) is 0 Å². The fourth-order valence-corrected chi connectivity index (χ4v) is 4.46. The van der Waals surface area contributed by atoms with Gasteiger partial charge in [0.05, 0.1) is 0 Å². The number of rotatable bonds is 4. The van der Waals surface area contributed by atoms with Crippen LogP contribution in [0.2, 0.25) is 0 Å². The maximum atomic E-state index is 13.4. The standard InChI is InChI=1S/C22H21N2OS/c1-4-19-20(21(25)17-12-10-15(2)11-13-17)23-16(3)14-26-22(23)24(19)18-8-6-5-7-9-18/h5-14H,4H2,1-3H3/q+1. The highest BCUT2D eigenvalue weighted by molar-refractivity contribution is 7.14. The van der Waals surface area contributed by atoms with Crippen molar-refractivity contribution in [3.8, 4) is 5.69 Å². The number of aromatic nitrogens is 2. The van der Waals surface area contributed by atoms with E-state index in [0.29, 0.717) is 0 Å². The number of para-hydroxylation sites is 1. The van der Waals surface area contributed by atoms with Gasteiger partial charge in [0.2, 0.25) is 11.5 Å². The van der Waals surface area contributed by atoms with Gasteiger partial charge in [0.25, 0.3) is 0 Å². The van der Waals surface area contributed by atoms with Crippen LogP contribution in [-0.4, -0.2) is 10.2 Å². The molecule has 2 aromatic carbocycles. The van der Waals surface area contributed by atoms with Gasteiger partial charge in [-0.2, -0.15) is 8.97 Å². The van der Waals surface area contributed by atoms with Gasteiger partial charge in [-0.1, -0.05) is 66.3 Å². The summed E-state index contributed by atoms with van der Waals surface area (Å²) >= 11 is 1.67. The van der Waals surface area contributed by atoms with Gasteiger partial charge in [0.1, 0.15) is 11.4 Å². The number of hydrogen-bond donors (Lipinski definition) is 0. The lowest BCUT2D eigenvalue weighted by Gasteiger charge is -2.02. The first-order valence-corrected chi connectivity index (χ1v) is 9.70. The van der Waals surface area contributed by atoms with E-state index in [4.69, 9.17) is 0 Å². The van der Waals surface area contributed by atoms with E-state index in [2.05, 4.69) is 40.3 Å². The summed E-state index contributed by atoms with van der Waals surface area (Å²) in [5, 5.41) is 2.11. The Kier molecular flexibility index (Phi) is 4.21. The molecule has 2 heterocycles. The number of hydrogen-bond acceptors (Lipinski definition) is 2. The molecule has 0 aliphatic heterocycles. The number of carbonyl (C=O) groups excluding carboxylic acids is 1. The molecule has 4 heteroatoms. The Morgan fingerprint density at radius 3 is 2.38 bits per heavy atom. The summed E-state index contributed by atoms with van der Waals surface area (Å²) in [6.45, 7) is 6.21. The smallest absolute Gasteiger partial charge is 0.284 e. The zero-order valence-corrected chi connectivity index (χ0v) is 16.0. The van der Waals surface area contributed by atoms with Crippen LogP contribution in [0.25, 0.3) is 10.6 Å². The highest BCUT2D eigenvalue weighted by Gasteiger charge is 2.33. The van der Waals surface area contributed by atoms with Crippen molar-refractivity contribution < 1.29 is 9.36 Å². The number of imidazole rings is 1. The van der Waals surface area contributed by atoms with Gasteiger partial charge >= 0.3 is 4.96 Å². The first kappa shape index (κ1) is 16.7. The van der Waals surface area contributed by atoms with E-state index in [1.807, 2.05) is 49.4 Å². The Labute approximate surface area is 157 Å². The third-order valence-electron chi connectivity index (χ3n) is 4.72. The zero-order chi connectivity index (χ0) is 18.3. The van der Waals surface area contributed by atoms with Gasteiger partial charge in [0.15, 0.2) is 5.69 Å². The summed E-state index contributed by atoms with van der Waals surface area (Å²) in [5.74, 6) is 0.0769. The van der Waals surface area contributed by atoms with Crippen molar-refractivity contribution >= 4 is 22.1 Å². The number of nitrogens with zero attached hydrogens (tertiary/aromatic N) is 2. The summed E-state index contributed by atoms with van der Waals surface area (Å²) < 4.78 is 4.33. The maximum Gasteiger partial charge on any atom is 0.351 e. The quantitative estimate of drug-likeness (QED) is 0.382. The second kappa shape index (κ2) is 6.54. The fourth-order valence-electron chi connectivity index (χ4n) is 3.41. The van der Waals surface area contributed by atoms with Gasteiger partial charge < -0.3 is 0 Å². The summed E-state index contributed by atoms with van der Waals surface area (Å²) in [5.41, 5.74) is 5.89. The molecule has 0 saturated heterocycles. The topological polar surface area (TPSA) is 25.4 Å². The molecule has 26 heavy (non-hydrogen) atoms. The fraction of sp³-hybridized carbons (Fsp3) is 0.182. The average molecular weight is 361 g/mol. The van der Waals surface area contributed by atoms with Crippen molar-refractivity contribution in [1.82, 2.24) is 4.40 Å². The van der Waals surface area contributed by atoms with E-state index in [1.54, 1.807) is 11.3 Å². The van der Waals surface area contributed by atoms with Crippen molar-refractivity contribution in [2.45, 2.75) is 27.2 Å². The summed E-state index contributed by atoms with van der Waals surface area (Å²) in [7, 11) is 0. The van der Waals surface area contributed by atoms with E-state index < -0.39 is 0 Å². The van der Waals surface area contributed by atoms with Crippen molar-refractivity contribution in [2.75, 3.05) is 0 Å². The molecule has 130 valence electrons. The molecule has 0 amide bonds. The molecule has 0 atom stereocenters. The van der Waals surface area contributed by atoms with E-state index in [0.717, 1.165) is 45.3 Å². The van der Waals surface area contributed by atoms with Crippen molar-refractivity contribution in [2.24, 2.45) is 0 Å². The number of ketones is 1. The third-order valence-corrected chi connectivity index (χ3v) is 5.75. The van der Waals surface area contributed by atoms with E-state index in [9.17, 15) is 4.79 Å². The molecular weight excluding hydrogens is 340 g/mol. The third kappa shape index (κ3) is 2.58. The van der Waals surface area contributed by atoms with Gasteiger partial charge in [-0.3, -0.25) is 4.79 Å². The average Bonchev–Trinajstić information content (AvgIpc) is 3.19. The van der Waals surface area contributed by atoms with E-state index >= 15 is 0 Å². The second-order valence-electron chi connectivity index (χ2n) is 6.51. The monoisotopic (exact) mass is 361 g/mol. The number of thiazole rings is 1. The van der Waals surface area contributed by atoms with E-state index in [-0.39, 0.29) is 5.78 Å².